The third kappa shape index (κ3) is 5.34. The van der Waals surface area contributed by atoms with Gasteiger partial charge in [0.2, 0.25) is 0 Å². The predicted octanol–water partition coefficient (Wildman–Crippen LogP) is 3.18. The quantitative estimate of drug-likeness (QED) is 0.503. The maximum absolute atomic E-state index is 12.5. The molecule has 0 unspecified atom stereocenters. The number of nitrogens with two attached hydrogens (primary N) is 1. The highest BCUT2D eigenvalue weighted by Gasteiger charge is 2.15. The highest BCUT2D eigenvalue weighted by molar-refractivity contribution is 9.10. The van der Waals surface area contributed by atoms with E-state index in [-0.39, 0.29) is 12.2 Å². The second kappa shape index (κ2) is 9.58. The van der Waals surface area contributed by atoms with Crippen molar-refractivity contribution < 1.29 is 19.1 Å². The summed E-state index contributed by atoms with van der Waals surface area (Å²) >= 11 is 3.33. The molecule has 0 spiro atoms. The number of methoxy groups -OCH3 is 1. The Morgan fingerprint density at radius 3 is 2.64 bits per heavy atom. The van der Waals surface area contributed by atoms with Crippen molar-refractivity contribution in [1.29, 1.82) is 5.26 Å². The SMILES string of the molecule is COc1cc(/C=C(\C#N)C(=O)Nc2ccccc2C)cc(Br)c1OCC(N)=O. The first-order valence-electron chi connectivity index (χ1n) is 8.13. The molecular weight excluding hydrogens is 426 g/mol. The highest BCUT2D eigenvalue weighted by Crippen LogP contribution is 2.37. The van der Waals surface area contributed by atoms with Crippen molar-refractivity contribution in [2.75, 3.05) is 19.0 Å². The zero-order chi connectivity index (χ0) is 20.7. The van der Waals surface area contributed by atoms with Crippen LogP contribution in [0.25, 0.3) is 6.08 Å². The number of aryl methyl sites for hydroxylation is 1. The van der Waals surface area contributed by atoms with Gasteiger partial charge >= 0.3 is 0 Å². The number of rotatable bonds is 7. The summed E-state index contributed by atoms with van der Waals surface area (Å²) in [5.74, 6) is -0.543. The van der Waals surface area contributed by atoms with Crippen molar-refractivity contribution in [1.82, 2.24) is 0 Å². The molecule has 8 heteroatoms. The van der Waals surface area contributed by atoms with Crippen molar-refractivity contribution in [3.63, 3.8) is 0 Å². The number of nitrogens with one attached hydrogen (secondary N) is 1. The van der Waals surface area contributed by atoms with Crippen molar-refractivity contribution >= 4 is 39.5 Å². The first-order chi connectivity index (χ1) is 13.3. The minimum absolute atomic E-state index is 0.0805. The fourth-order valence-electron chi connectivity index (χ4n) is 2.32. The molecular formula is C20H18BrN3O4. The van der Waals surface area contributed by atoms with E-state index in [1.165, 1.54) is 13.2 Å². The van der Waals surface area contributed by atoms with Crippen LogP contribution in [0.4, 0.5) is 5.69 Å². The summed E-state index contributed by atoms with van der Waals surface area (Å²) in [5.41, 5.74) is 7.06. The Balaban J connectivity index is 2.32. The van der Waals surface area contributed by atoms with Crippen LogP contribution < -0.4 is 20.5 Å². The Labute approximate surface area is 170 Å². The van der Waals surface area contributed by atoms with Crippen molar-refractivity contribution in [3.8, 4) is 17.6 Å². The molecule has 7 nitrogen and oxygen atoms in total. The number of amides is 2. The summed E-state index contributed by atoms with van der Waals surface area (Å²) in [6, 6.07) is 12.4. The van der Waals surface area contributed by atoms with Gasteiger partial charge < -0.3 is 20.5 Å². The molecule has 2 amide bonds. The summed E-state index contributed by atoms with van der Waals surface area (Å²) < 4.78 is 11.1. The standard InChI is InChI=1S/C20H18BrN3O4/c1-12-5-3-4-6-16(12)24-20(26)14(10-22)7-13-8-15(21)19(17(9-13)27-2)28-11-18(23)25/h3-9H,11H2,1-2H3,(H2,23,25)(H,24,26)/b14-7+. The number of halogens is 1. The second-order valence-corrected chi connectivity index (χ2v) is 6.58. The Kier molecular flexibility index (Phi) is 7.18. The first-order valence-corrected chi connectivity index (χ1v) is 8.92. The van der Waals surface area contributed by atoms with Gasteiger partial charge in [-0.25, -0.2) is 0 Å². The zero-order valence-corrected chi connectivity index (χ0v) is 16.9. The highest BCUT2D eigenvalue weighted by atomic mass is 79.9. The number of benzene rings is 2. The van der Waals surface area contributed by atoms with Crippen molar-refractivity contribution in [3.05, 3.63) is 57.6 Å². The molecule has 0 fully saturated rings. The molecule has 144 valence electrons. The van der Waals surface area contributed by atoms with Crippen molar-refractivity contribution in [2.24, 2.45) is 5.73 Å². The van der Waals surface area contributed by atoms with E-state index in [9.17, 15) is 14.9 Å². The molecule has 0 saturated carbocycles. The summed E-state index contributed by atoms with van der Waals surface area (Å²) in [7, 11) is 1.43. The van der Waals surface area contributed by atoms with E-state index in [1.807, 2.05) is 25.1 Å². The molecule has 2 aromatic rings. The van der Waals surface area contributed by atoms with Crippen LogP contribution in [0.1, 0.15) is 11.1 Å². The topological polar surface area (TPSA) is 114 Å². The molecule has 0 aliphatic carbocycles. The monoisotopic (exact) mass is 443 g/mol. The fraction of sp³-hybridized carbons (Fsp3) is 0.150. The molecule has 0 bridgehead atoms. The molecule has 0 heterocycles. The van der Waals surface area contributed by atoms with Gasteiger partial charge in [0.05, 0.1) is 11.6 Å². The average Bonchev–Trinajstić information content (AvgIpc) is 2.66. The van der Waals surface area contributed by atoms with Gasteiger partial charge in [-0.05, 0) is 58.3 Å². The van der Waals surface area contributed by atoms with E-state index in [4.69, 9.17) is 15.2 Å². The van der Waals surface area contributed by atoms with E-state index in [0.29, 0.717) is 27.2 Å². The Morgan fingerprint density at radius 1 is 1.32 bits per heavy atom. The minimum Gasteiger partial charge on any atom is -0.493 e. The molecule has 2 rings (SSSR count). The van der Waals surface area contributed by atoms with Crippen LogP contribution in [0.2, 0.25) is 0 Å². The lowest BCUT2D eigenvalue weighted by Gasteiger charge is -2.12. The number of hydrogen-bond donors (Lipinski definition) is 2. The number of carbonyl (C=O) groups is 2. The molecule has 0 aliphatic rings. The third-order valence-electron chi connectivity index (χ3n) is 3.68. The van der Waals surface area contributed by atoms with Crippen LogP contribution in [0.3, 0.4) is 0 Å². The number of carbonyl (C=O) groups excluding carboxylic acids is 2. The Hall–Kier alpha value is -3.31. The fourth-order valence-corrected chi connectivity index (χ4v) is 2.90. The smallest absolute Gasteiger partial charge is 0.266 e. The number of para-hydroxylation sites is 1. The van der Waals surface area contributed by atoms with E-state index in [2.05, 4.69) is 21.2 Å². The first kappa shape index (κ1) is 21.0. The van der Waals surface area contributed by atoms with Gasteiger partial charge in [-0.15, -0.1) is 0 Å². The number of ether oxygens (including phenoxy) is 2. The van der Waals surface area contributed by atoms with Gasteiger partial charge in [-0.1, -0.05) is 18.2 Å². The number of hydrogen-bond acceptors (Lipinski definition) is 5. The van der Waals surface area contributed by atoms with Gasteiger partial charge in [0, 0.05) is 5.69 Å². The molecule has 2 aromatic carbocycles. The number of primary amides is 1. The number of nitrogens with zero attached hydrogens (tertiary/aromatic N) is 1. The molecule has 0 atom stereocenters. The Bertz CT molecular complexity index is 980. The summed E-state index contributed by atoms with van der Waals surface area (Å²) in [6.07, 6.45) is 1.43. The van der Waals surface area contributed by atoms with Crippen LogP contribution in [0.15, 0.2) is 46.4 Å². The lowest BCUT2D eigenvalue weighted by atomic mass is 10.1. The van der Waals surface area contributed by atoms with Gasteiger partial charge in [0.15, 0.2) is 18.1 Å². The lowest BCUT2D eigenvalue weighted by Crippen LogP contribution is -2.20. The van der Waals surface area contributed by atoms with E-state index in [0.717, 1.165) is 5.56 Å². The van der Waals surface area contributed by atoms with E-state index < -0.39 is 11.8 Å². The van der Waals surface area contributed by atoms with Crippen LogP contribution >= 0.6 is 15.9 Å². The van der Waals surface area contributed by atoms with Crippen LogP contribution in [-0.4, -0.2) is 25.5 Å². The van der Waals surface area contributed by atoms with Gasteiger partial charge in [0.25, 0.3) is 11.8 Å². The van der Waals surface area contributed by atoms with Crippen molar-refractivity contribution in [2.45, 2.75) is 6.92 Å². The number of nitriles is 1. The molecule has 28 heavy (non-hydrogen) atoms. The number of anilines is 1. The van der Waals surface area contributed by atoms with Gasteiger partial charge in [-0.2, -0.15) is 5.26 Å². The maximum atomic E-state index is 12.5. The average molecular weight is 444 g/mol. The van der Waals surface area contributed by atoms with E-state index >= 15 is 0 Å². The second-order valence-electron chi connectivity index (χ2n) is 5.73. The van der Waals surface area contributed by atoms with Crippen LogP contribution in [-0.2, 0) is 9.59 Å². The summed E-state index contributed by atoms with van der Waals surface area (Å²) in [5, 5.41) is 12.1. The third-order valence-corrected chi connectivity index (χ3v) is 4.27. The van der Waals surface area contributed by atoms with Crippen LogP contribution in [0.5, 0.6) is 11.5 Å². The molecule has 0 radical (unpaired) electrons. The summed E-state index contributed by atoms with van der Waals surface area (Å²) in [6.45, 7) is 1.55. The Morgan fingerprint density at radius 2 is 2.04 bits per heavy atom. The maximum Gasteiger partial charge on any atom is 0.266 e. The zero-order valence-electron chi connectivity index (χ0n) is 15.3. The largest absolute Gasteiger partial charge is 0.493 e. The van der Waals surface area contributed by atoms with E-state index in [1.54, 1.807) is 24.3 Å². The molecule has 0 aromatic heterocycles. The molecule has 3 N–H and O–H groups in total. The molecule has 0 aliphatic heterocycles. The predicted molar refractivity (Wildman–Crippen MR) is 109 cm³/mol. The van der Waals surface area contributed by atoms with Gasteiger partial charge in [0.1, 0.15) is 11.6 Å². The summed E-state index contributed by atoms with van der Waals surface area (Å²) in [4.78, 5) is 23.4. The molecule has 0 saturated heterocycles. The minimum atomic E-state index is -0.627. The van der Waals surface area contributed by atoms with Gasteiger partial charge in [-0.3, -0.25) is 9.59 Å². The van der Waals surface area contributed by atoms with Crippen LogP contribution in [0, 0.1) is 18.3 Å². The normalized spacial score (nSPS) is 10.7. The lowest BCUT2D eigenvalue weighted by molar-refractivity contribution is -0.120.